The molecule has 0 aromatic carbocycles. The molecule has 0 aliphatic carbocycles. The topological polar surface area (TPSA) is 12.0 Å². The summed E-state index contributed by atoms with van der Waals surface area (Å²) < 4.78 is 0. The Labute approximate surface area is 71.6 Å². The van der Waals surface area contributed by atoms with Crippen LogP contribution in [0.25, 0.3) is 0 Å². The second-order valence-electron chi connectivity index (χ2n) is 4.52. The minimum absolute atomic E-state index is 0.379. The molecule has 0 aliphatic rings. The highest BCUT2D eigenvalue weighted by molar-refractivity contribution is 4.82. The van der Waals surface area contributed by atoms with Gasteiger partial charge in [0.05, 0.1) is 0 Å². The van der Waals surface area contributed by atoms with Crippen molar-refractivity contribution < 1.29 is 0 Å². The predicted molar refractivity (Wildman–Crippen MR) is 51.8 cm³/mol. The van der Waals surface area contributed by atoms with Crippen molar-refractivity contribution in [3.05, 3.63) is 0 Å². The van der Waals surface area contributed by atoms with Crippen LogP contribution in [0, 0.1) is 11.3 Å². The van der Waals surface area contributed by atoms with E-state index >= 15 is 0 Å². The van der Waals surface area contributed by atoms with Gasteiger partial charge in [0.15, 0.2) is 0 Å². The van der Waals surface area contributed by atoms with Gasteiger partial charge in [-0.05, 0) is 18.4 Å². The number of nitrogens with one attached hydrogen (secondary N) is 1. The summed E-state index contributed by atoms with van der Waals surface area (Å²) in [4.78, 5) is 0. The van der Waals surface area contributed by atoms with E-state index in [0.717, 1.165) is 5.92 Å². The van der Waals surface area contributed by atoms with Gasteiger partial charge in [-0.25, -0.2) is 0 Å². The molecule has 1 N–H and O–H groups in total. The lowest BCUT2D eigenvalue weighted by molar-refractivity contribution is 0.209. The molecule has 2 atom stereocenters. The standard InChI is InChI=1S/C10H23N/c1-7-8(2)9(11-6)10(3,4)5/h8-9,11H,7H2,1-6H3/t8-,9-/m0/s1. The van der Waals surface area contributed by atoms with E-state index in [-0.39, 0.29) is 0 Å². The van der Waals surface area contributed by atoms with Crippen LogP contribution < -0.4 is 5.32 Å². The van der Waals surface area contributed by atoms with Crippen molar-refractivity contribution in [1.29, 1.82) is 0 Å². The second kappa shape index (κ2) is 4.10. The van der Waals surface area contributed by atoms with Crippen molar-refractivity contribution >= 4 is 0 Å². The van der Waals surface area contributed by atoms with Crippen molar-refractivity contribution in [3.8, 4) is 0 Å². The zero-order chi connectivity index (χ0) is 9.07. The molecule has 1 heteroatoms. The molecule has 0 saturated heterocycles. The molecule has 0 rings (SSSR count). The predicted octanol–water partition coefficient (Wildman–Crippen LogP) is 2.67. The van der Waals surface area contributed by atoms with E-state index in [9.17, 15) is 0 Å². The lowest BCUT2D eigenvalue weighted by atomic mass is 9.79. The SMILES string of the molecule is CC[C@H](C)[C@H](NC)C(C)(C)C. The summed E-state index contributed by atoms with van der Waals surface area (Å²) in [7, 11) is 2.06. The Hall–Kier alpha value is -0.0400. The molecule has 11 heavy (non-hydrogen) atoms. The average Bonchev–Trinajstić information content (AvgIpc) is 1.86. The Kier molecular flexibility index (Phi) is 4.09. The van der Waals surface area contributed by atoms with Crippen molar-refractivity contribution in [2.45, 2.75) is 47.1 Å². The van der Waals surface area contributed by atoms with E-state index in [0.29, 0.717) is 11.5 Å². The van der Waals surface area contributed by atoms with Gasteiger partial charge in [0.25, 0.3) is 0 Å². The van der Waals surface area contributed by atoms with E-state index in [1.165, 1.54) is 6.42 Å². The molecule has 0 spiro atoms. The largest absolute Gasteiger partial charge is 0.316 e. The van der Waals surface area contributed by atoms with Gasteiger partial charge in [0.2, 0.25) is 0 Å². The molecule has 1 nitrogen and oxygen atoms in total. The lowest BCUT2D eigenvalue weighted by Crippen LogP contribution is -2.42. The van der Waals surface area contributed by atoms with E-state index in [1.54, 1.807) is 0 Å². The smallest absolute Gasteiger partial charge is 0.0138 e. The van der Waals surface area contributed by atoms with E-state index in [4.69, 9.17) is 0 Å². The van der Waals surface area contributed by atoms with Gasteiger partial charge in [-0.2, -0.15) is 0 Å². The highest BCUT2D eigenvalue weighted by Crippen LogP contribution is 2.26. The van der Waals surface area contributed by atoms with E-state index in [2.05, 4.69) is 47.0 Å². The van der Waals surface area contributed by atoms with Crippen LogP contribution in [0.2, 0.25) is 0 Å². The van der Waals surface area contributed by atoms with Crippen LogP contribution in [0.15, 0.2) is 0 Å². The minimum Gasteiger partial charge on any atom is -0.316 e. The summed E-state index contributed by atoms with van der Waals surface area (Å²) in [6, 6.07) is 0.632. The first-order valence-electron chi connectivity index (χ1n) is 4.60. The molecule has 0 aromatic heterocycles. The van der Waals surface area contributed by atoms with Crippen LogP contribution in [-0.4, -0.2) is 13.1 Å². The number of rotatable bonds is 3. The molecule has 0 saturated carbocycles. The fraction of sp³-hybridized carbons (Fsp3) is 1.00. The molecular formula is C10H23N. The van der Waals surface area contributed by atoms with Crippen LogP contribution in [0.5, 0.6) is 0 Å². The minimum atomic E-state index is 0.379. The molecule has 0 fully saturated rings. The first-order valence-corrected chi connectivity index (χ1v) is 4.60. The normalized spacial score (nSPS) is 18.0. The Morgan fingerprint density at radius 2 is 1.73 bits per heavy atom. The Morgan fingerprint density at radius 3 is 1.82 bits per heavy atom. The first kappa shape index (κ1) is 11.0. The zero-order valence-electron chi connectivity index (χ0n) is 8.86. The summed E-state index contributed by atoms with van der Waals surface area (Å²) >= 11 is 0. The summed E-state index contributed by atoms with van der Waals surface area (Å²) in [5.74, 6) is 0.764. The van der Waals surface area contributed by atoms with E-state index < -0.39 is 0 Å². The highest BCUT2D eigenvalue weighted by atomic mass is 14.9. The van der Waals surface area contributed by atoms with Crippen LogP contribution in [0.3, 0.4) is 0 Å². The van der Waals surface area contributed by atoms with E-state index in [1.807, 2.05) is 0 Å². The molecule has 0 aromatic rings. The molecule has 0 amide bonds. The molecule has 68 valence electrons. The average molecular weight is 157 g/mol. The molecule has 0 radical (unpaired) electrons. The van der Waals surface area contributed by atoms with Crippen molar-refractivity contribution in [1.82, 2.24) is 5.32 Å². The van der Waals surface area contributed by atoms with Crippen LogP contribution in [0.1, 0.15) is 41.0 Å². The monoisotopic (exact) mass is 157 g/mol. The van der Waals surface area contributed by atoms with Crippen molar-refractivity contribution in [3.63, 3.8) is 0 Å². The summed E-state index contributed by atoms with van der Waals surface area (Å²) in [5.41, 5.74) is 0.379. The molecule has 0 aliphatic heterocycles. The maximum atomic E-state index is 3.39. The van der Waals surface area contributed by atoms with Crippen molar-refractivity contribution in [2.75, 3.05) is 7.05 Å². The maximum absolute atomic E-state index is 3.39. The molecular weight excluding hydrogens is 134 g/mol. The van der Waals surface area contributed by atoms with Gasteiger partial charge in [0.1, 0.15) is 0 Å². The molecule has 0 heterocycles. The third kappa shape index (κ3) is 3.24. The summed E-state index contributed by atoms with van der Waals surface area (Å²) in [6.45, 7) is 11.4. The third-order valence-corrected chi connectivity index (χ3v) is 2.46. The summed E-state index contributed by atoms with van der Waals surface area (Å²) in [6.07, 6.45) is 1.25. The van der Waals surface area contributed by atoms with Crippen LogP contribution in [0.4, 0.5) is 0 Å². The van der Waals surface area contributed by atoms with Gasteiger partial charge >= 0.3 is 0 Å². The van der Waals surface area contributed by atoms with Crippen molar-refractivity contribution in [2.24, 2.45) is 11.3 Å². The Balaban J connectivity index is 4.16. The second-order valence-corrected chi connectivity index (χ2v) is 4.52. The first-order chi connectivity index (χ1) is 4.93. The quantitative estimate of drug-likeness (QED) is 0.664. The van der Waals surface area contributed by atoms with Gasteiger partial charge in [-0.3, -0.25) is 0 Å². The van der Waals surface area contributed by atoms with Gasteiger partial charge < -0.3 is 5.32 Å². The fourth-order valence-electron chi connectivity index (χ4n) is 1.81. The van der Waals surface area contributed by atoms with Gasteiger partial charge in [-0.15, -0.1) is 0 Å². The van der Waals surface area contributed by atoms with Gasteiger partial charge in [-0.1, -0.05) is 41.0 Å². The fourth-order valence-corrected chi connectivity index (χ4v) is 1.81. The van der Waals surface area contributed by atoms with Gasteiger partial charge in [0, 0.05) is 6.04 Å². The Bertz CT molecular complexity index is 102. The highest BCUT2D eigenvalue weighted by Gasteiger charge is 2.26. The van der Waals surface area contributed by atoms with Crippen LogP contribution in [-0.2, 0) is 0 Å². The lowest BCUT2D eigenvalue weighted by Gasteiger charge is -2.34. The third-order valence-electron chi connectivity index (χ3n) is 2.46. The maximum Gasteiger partial charge on any atom is 0.0138 e. The number of hydrogen-bond acceptors (Lipinski definition) is 1. The number of hydrogen-bond donors (Lipinski definition) is 1. The zero-order valence-corrected chi connectivity index (χ0v) is 8.86. The summed E-state index contributed by atoms with van der Waals surface area (Å²) in [5, 5.41) is 3.39. The molecule has 0 bridgehead atoms. The Morgan fingerprint density at radius 1 is 1.27 bits per heavy atom. The van der Waals surface area contributed by atoms with Crippen LogP contribution >= 0.6 is 0 Å². The molecule has 0 unspecified atom stereocenters.